The molecule has 2 unspecified atom stereocenters. The Hall–Kier alpha value is -0.600. The molecule has 0 radical (unpaired) electrons. The van der Waals surface area contributed by atoms with E-state index in [9.17, 15) is 24.5 Å². The van der Waals surface area contributed by atoms with Crippen LogP contribution in [-0.4, -0.2) is 73.1 Å². The van der Waals surface area contributed by atoms with Gasteiger partial charge >= 0.3 is 0 Å². The van der Waals surface area contributed by atoms with Crippen LogP contribution in [0.4, 0.5) is 0 Å². The number of phosphoric acid groups is 1. The Morgan fingerprint density at radius 3 is 1.81 bits per heavy atom. The van der Waals surface area contributed by atoms with E-state index in [1.807, 2.05) is 21.1 Å². The van der Waals surface area contributed by atoms with Gasteiger partial charge in [-0.3, -0.25) is 9.36 Å². The van der Waals surface area contributed by atoms with Gasteiger partial charge in [-0.05, 0) is 25.8 Å². The van der Waals surface area contributed by atoms with Crippen molar-refractivity contribution in [2.75, 3.05) is 40.9 Å². The summed E-state index contributed by atoms with van der Waals surface area (Å²) in [6.45, 7) is 3.34. The number of nitrogens with zero attached hydrogens (tertiary/aromatic N) is 1. The van der Waals surface area contributed by atoms with Crippen LogP contribution in [0.15, 0.2) is 12.2 Å². The van der Waals surface area contributed by atoms with Gasteiger partial charge in [0.2, 0.25) is 0 Å². The van der Waals surface area contributed by atoms with Crippen LogP contribution < -0.4 is 4.89 Å². The first-order valence-electron chi connectivity index (χ1n) is 14.4. The van der Waals surface area contributed by atoms with E-state index in [0.717, 1.165) is 25.7 Å². The first-order chi connectivity index (χ1) is 17.4. The normalized spacial score (nSPS) is 16.5. The van der Waals surface area contributed by atoms with Gasteiger partial charge in [-0.25, -0.2) is 0 Å². The van der Waals surface area contributed by atoms with E-state index in [-0.39, 0.29) is 13.0 Å². The lowest BCUT2D eigenvalue weighted by molar-refractivity contribution is -0.870. The fourth-order valence-corrected chi connectivity index (χ4v) is 5.34. The summed E-state index contributed by atoms with van der Waals surface area (Å²) in [5, 5.41) is 20.2. The average Bonchev–Trinajstić information content (AvgIpc) is 2.82. The minimum atomic E-state index is -4.92. The van der Waals surface area contributed by atoms with E-state index in [1.165, 1.54) is 69.9 Å². The summed E-state index contributed by atoms with van der Waals surface area (Å²) >= 11 is 0. The first-order valence-corrected chi connectivity index (χ1v) is 15.8. The second-order valence-corrected chi connectivity index (χ2v) is 12.5. The van der Waals surface area contributed by atoms with E-state index in [0.29, 0.717) is 17.4 Å². The van der Waals surface area contributed by atoms with Crippen LogP contribution in [0, 0.1) is 0 Å². The van der Waals surface area contributed by atoms with Crippen LogP contribution in [0.2, 0.25) is 0 Å². The molecule has 0 aromatic carbocycles. The van der Waals surface area contributed by atoms with E-state index in [1.54, 1.807) is 6.92 Å². The Bertz CT molecular complexity index is 665. The average molecular weight is 550 g/mol. The molecule has 0 saturated carbocycles. The van der Waals surface area contributed by atoms with Crippen molar-refractivity contribution in [1.82, 2.24) is 0 Å². The molecule has 9 heteroatoms. The topological polar surface area (TPSA) is 116 Å². The quantitative estimate of drug-likeness (QED) is 0.0687. The van der Waals surface area contributed by atoms with Crippen molar-refractivity contribution in [3.05, 3.63) is 12.2 Å². The highest BCUT2D eigenvalue weighted by Crippen LogP contribution is 2.46. The van der Waals surface area contributed by atoms with Crippen LogP contribution in [0.3, 0.4) is 0 Å². The minimum Gasteiger partial charge on any atom is -0.756 e. The molecule has 0 heterocycles. The lowest BCUT2D eigenvalue weighted by Crippen LogP contribution is -2.53. The molecule has 0 aliphatic carbocycles. The highest BCUT2D eigenvalue weighted by atomic mass is 31.2. The van der Waals surface area contributed by atoms with Crippen molar-refractivity contribution in [1.29, 1.82) is 0 Å². The Kier molecular flexibility index (Phi) is 20.0. The molecule has 0 amide bonds. The van der Waals surface area contributed by atoms with Crippen molar-refractivity contribution in [2.45, 2.75) is 122 Å². The summed E-state index contributed by atoms with van der Waals surface area (Å²) in [5.41, 5.74) is -2.10. The van der Waals surface area contributed by atoms with Crippen molar-refractivity contribution in [3.63, 3.8) is 0 Å². The van der Waals surface area contributed by atoms with Crippen LogP contribution in [0.1, 0.15) is 110 Å². The number of aliphatic hydroxyl groups excluding tert-OH is 2. The maximum absolute atomic E-state index is 12.9. The maximum Gasteiger partial charge on any atom is 0.269 e. The molecule has 37 heavy (non-hydrogen) atoms. The number of ketones is 1. The number of rotatable bonds is 25. The van der Waals surface area contributed by atoms with Crippen molar-refractivity contribution >= 4 is 13.6 Å². The zero-order valence-electron chi connectivity index (χ0n) is 24.3. The number of carbonyl (C=O) groups is 1. The largest absolute Gasteiger partial charge is 0.756 e. The van der Waals surface area contributed by atoms with Gasteiger partial charge in [0.25, 0.3) is 7.82 Å². The first kappa shape index (κ1) is 36.4. The van der Waals surface area contributed by atoms with Gasteiger partial charge in [0.1, 0.15) is 19.3 Å². The van der Waals surface area contributed by atoms with E-state index < -0.39 is 31.9 Å². The number of hydrogen-bond donors (Lipinski definition) is 2. The molecule has 0 spiro atoms. The highest BCUT2D eigenvalue weighted by molar-refractivity contribution is 7.46. The second-order valence-electron chi connectivity index (χ2n) is 11.2. The standard InChI is InChI=1S/C28H56NO7P/c1-6-8-9-10-11-12-13-14-15-16-17-18-19-20-22-28(27(32)25-30,26(31)21-7-2)36-37(33,34)35-24-23-29(3,4)5/h7,21,27,30,32H,6,8-20,22-25H2,1-5H3/t27-,28?/m0/s1. The lowest BCUT2D eigenvalue weighted by Gasteiger charge is -2.39. The molecule has 0 aliphatic heterocycles. The van der Waals surface area contributed by atoms with Crippen molar-refractivity contribution in [3.8, 4) is 0 Å². The van der Waals surface area contributed by atoms with Gasteiger partial charge in [0.15, 0.2) is 11.4 Å². The van der Waals surface area contributed by atoms with E-state index >= 15 is 0 Å². The number of unbranched alkanes of at least 4 members (excludes halogenated alkanes) is 13. The summed E-state index contributed by atoms with van der Waals surface area (Å²) in [6, 6.07) is 0. The van der Waals surface area contributed by atoms with E-state index in [4.69, 9.17) is 9.05 Å². The maximum atomic E-state index is 12.9. The molecular weight excluding hydrogens is 493 g/mol. The molecule has 2 N–H and O–H groups in total. The fourth-order valence-electron chi connectivity index (χ4n) is 4.28. The third kappa shape index (κ3) is 17.6. The zero-order valence-corrected chi connectivity index (χ0v) is 25.2. The van der Waals surface area contributed by atoms with Gasteiger partial charge in [-0.1, -0.05) is 96.5 Å². The molecule has 3 atom stereocenters. The summed E-state index contributed by atoms with van der Waals surface area (Å²) in [6.07, 6.45) is 17.1. The molecule has 0 aliphatic rings. The fraction of sp³-hybridized carbons (Fsp3) is 0.893. The number of carbonyl (C=O) groups excluding carboxylic acids is 1. The Morgan fingerprint density at radius 2 is 1.41 bits per heavy atom. The van der Waals surface area contributed by atoms with Crippen LogP contribution in [0.25, 0.3) is 0 Å². The second kappa shape index (κ2) is 20.3. The monoisotopic (exact) mass is 549 g/mol. The Balaban J connectivity index is 4.71. The number of aliphatic hydroxyl groups is 2. The van der Waals surface area contributed by atoms with Crippen molar-refractivity contribution < 1.29 is 38.0 Å². The highest BCUT2D eigenvalue weighted by Gasteiger charge is 2.47. The number of quaternary nitrogens is 1. The molecule has 8 nitrogen and oxygen atoms in total. The van der Waals surface area contributed by atoms with Gasteiger partial charge < -0.3 is 28.6 Å². The smallest absolute Gasteiger partial charge is 0.269 e. The predicted octanol–water partition coefficient (Wildman–Crippen LogP) is 5.30. The van der Waals surface area contributed by atoms with Crippen molar-refractivity contribution in [2.24, 2.45) is 0 Å². The summed E-state index contributed by atoms with van der Waals surface area (Å²) in [7, 11) is 0.763. The van der Waals surface area contributed by atoms with Gasteiger partial charge in [-0.2, -0.15) is 0 Å². The molecule has 220 valence electrons. The third-order valence-electron chi connectivity index (χ3n) is 6.63. The molecule has 0 aromatic heterocycles. The van der Waals surface area contributed by atoms with Crippen LogP contribution >= 0.6 is 7.82 Å². The number of phosphoric ester groups is 1. The summed E-state index contributed by atoms with van der Waals surface area (Å²) in [5.74, 6) is -0.697. The van der Waals surface area contributed by atoms with Gasteiger partial charge in [-0.15, -0.1) is 0 Å². The Morgan fingerprint density at radius 1 is 0.946 bits per heavy atom. The van der Waals surface area contributed by atoms with Crippen LogP contribution in [0.5, 0.6) is 0 Å². The molecule has 0 bridgehead atoms. The molecular formula is C28H56NO7P. The number of hydrogen-bond acceptors (Lipinski definition) is 7. The number of allylic oxidation sites excluding steroid dienone is 1. The number of likely N-dealkylation sites (N-methyl/N-ethyl adjacent to an activating group) is 1. The van der Waals surface area contributed by atoms with Gasteiger partial charge in [0, 0.05) is 0 Å². The molecule has 0 saturated heterocycles. The zero-order chi connectivity index (χ0) is 28.2. The van der Waals surface area contributed by atoms with Crippen LogP contribution in [-0.2, 0) is 18.4 Å². The molecule has 0 rings (SSSR count). The molecule has 0 fully saturated rings. The predicted molar refractivity (Wildman–Crippen MR) is 148 cm³/mol. The third-order valence-corrected chi connectivity index (χ3v) is 7.68. The minimum absolute atomic E-state index is 0.0269. The molecule has 0 aromatic rings. The van der Waals surface area contributed by atoms with E-state index in [2.05, 4.69) is 6.92 Å². The van der Waals surface area contributed by atoms with Gasteiger partial charge in [0.05, 0.1) is 27.7 Å². The lowest BCUT2D eigenvalue weighted by atomic mass is 9.85. The summed E-state index contributed by atoms with van der Waals surface area (Å²) in [4.78, 5) is 25.6. The summed E-state index contributed by atoms with van der Waals surface area (Å²) < 4.78 is 23.4. The Labute approximate surface area is 226 Å². The SMILES string of the molecule is CC=CC(=O)C(CCCCCCCCCCCCCCCC)(OP(=O)([O-])OCC[N+](C)(C)C)[C@@H](O)CO.